The maximum absolute atomic E-state index is 12.0. The molecule has 4 nitrogen and oxygen atoms in total. The Labute approximate surface area is 133 Å². The first-order valence-electron chi connectivity index (χ1n) is 8.33. The van der Waals surface area contributed by atoms with Crippen molar-refractivity contribution in [1.29, 1.82) is 0 Å². The van der Waals surface area contributed by atoms with Crippen molar-refractivity contribution in [2.24, 2.45) is 0 Å². The summed E-state index contributed by atoms with van der Waals surface area (Å²) in [7, 11) is 0. The minimum absolute atomic E-state index is 0.254. The van der Waals surface area contributed by atoms with Crippen molar-refractivity contribution in [3.05, 3.63) is 35.9 Å². The Morgan fingerprint density at radius 1 is 1.09 bits per heavy atom. The van der Waals surface area contributed by atoms with E-state index >= 15 is 0 Å². The van der Waals surface area contributed by atoms with E-state index in [-0.39, 0.29) is 12.5 Å². The van der Waals surface area contributed by atoms with Crippen molar-refractivity contribution in [2.75, 3.05) is 6.61 Å². The number of carbonyl (C=O) groups excluding carboxylic acids is 1. The molecule has 3 N–H and O–H groups in total. The standard InChI is InChI=1S/C18H29NO3/c1-2-3-4-5-6-10-13-17(21)16(14-20)19-18(22)15-11-8-7-9-12-15/h7-9,11-12,16-17,20-21H,2-6,10,13-14H2,1H3,(H,19,22)/t16-,17+/m0/s1. The molecule has 1 aromatic carbocycles. The zero-order chi connectivity index (χ0) is 16.2. The van der Waals surface area contributed by atoms with Crippen LogP contribution in [0.25, 0.3) is 0 Å². The van der Waals surface area contributed by atoms with Crippen LogP contribution in [0, 0.1) is 0 Å². The maximum atomic E-state index is 12.0. The molecule has 0 saturated carbocycles. The molecule has 0 heterocycles. The third kappa shape index (κ3) is 7.05. The van der Waals surface area contributed by atoms with Crippen LogP contribution in [-0.4, -0.2) is 34.9 Å². The summed E-state index contributed by atoms with van der Waals surface area (Å²) in [5.74, 6) is -0.262. The lowest BCUT2D eigenvalue weighted by Gasteiger charge is -2.22. The predicted molar refractivity (Wildman–Crippen MR) is 88.8 cm³/mol. The van der Waals surface area contributed by atoms with Crippen molar-refractivity contribution >= 4 is 5.91 Å². The molecule has 0 spiro atoms. The molecule has 0 aliphatic rings. The summed E-state index contributed by atoms with van der Waals surface area (Å²) in [6, 6.07) is 8.23. The molecule has 1 rings (SSSR count). The van der Waals surface area contributed by atoms with Crippen LogP contribution in [0.2, 0.25) is 0 Å². The number of aliphatic hydroxyl groups excluding tert-OH is 2. The highest BCUT2D eigenvalue weighted by molar-refractivity contribution is 5.94. The highest BCUT2D eigenvalue weighted by Gasteiger charge is 2.20. The second kappa shape index (κ2) is 11.2. The van der Waals surface area contributed by atoms with Gasteiger partial charge in [-0.3, -0.25) is 4.79 Å². The minimum Gasteiger partial charge on any atom is -0.394 e. The second-order valence-corrected chi connectivity index (χ2v) is 5.75. The van der Waals surface area contributed by atoms with E-state index < -0.39 is 12.1 Å². The zero-order valence-corrected chi connectivity index (χ0v) is 13.5. The summed E-state index contributed by atoms with van der Waals surface area (Å²) in [6.07, 6.45) is 6.80. The van der Waals surface area contributed by atoms with E-state index in [2.05, 4.69) is 12.2 Å². The van der Waals surface area contributed by atoms with Gasteiger partial charge in [0.15, 0.2) is 0 Å². The van der Waals surface area contributed by atoms with Gasteiger partial charge in [-0.2, -0.15) is 0 Å². The number of carbonyl (C=O) groups is 1. The van der Waals surface area contributed by atoms with E-state index in [0.717, 1.165) is 12.8 Å². The minimum atomic E-state index is -0.705. The van der Waals surface area contributed by atoms with E-state index in [1.165, 1.54) is 25.7 Å². The van der Waals surface area contributed by atoms with E-state index in [4.69, 9.17) is 0 Å². The molecule has 0 fully saturated rings. The quantitative estimate of drug-likeness (QED) is 0.551. The maximum Gasteiger partial charge on any atom is 0.251 e. The Kier molecular flexibility index (Phi) is 9.51. The molecule has 0 bridgehead atoms. The first kappa shape index (κ1) is 18.7. The zero-order valence-electron chi connectivity index (χ0n) is 13.5. The molecule has 0 aliphatic carbocycles. The number of amides is 1. The van der Waals surface area contributed by atoms with Gasteiger partial charge < -0.3 is 15.5 Å². The fraction of sp³-hybridized carbons (Fsp3) is 0.611. The van der Waals surface area contributed by atoms with Gasteiger partial charge >= 0.3 is 0 Å². The van der Waals surface area contributed by atoms with Gasteiger partial charge in [-0.1, -0.05) is 63.6 Å². The third-order valence-corrected chi connectivity index (χ3v) is 3.87. The van der Waals surface area contributed by atoms with E-state index in [9.17, 15) is 15.0 Å². The Bertz CT molecular complexity index is 408. The highest BCUT2D eigenvalue weighted by Crippen LogP contribution is 2.11. The van der Waals surface area contributed by atoms with Gasteiger partial charge in [0, 0.05) is 5.56 Å². The Morgan fingerprint density at radius 2 is 1.73 bits per heavy atom. The van der Waals surface area contributed by atoms with E-state index in [0.29, 0.717) is 12.0 Å². The Hall–Kier alpha value is -1.39. The molecule has 0 saturated heterocycles. The van der Waals surface area contributed by atoms with Crippen molar-refractivity contribution in [1.82, 2.24) is 5.32 Å². The van der Waals surface area contributed by atoms with Gasteiger partial charge in [0.1, 0.15) is 0 Å². The number of benzene rings is 1. The van der Waals surface area contributed by atoms with Crippen LogP contribution in [0.1, 0.15) is 62.2 Å². The molecule has 4 heteroatoms. The fourth-order valence-electron chi connectivity index (χ4n) is 2.44. The first-order chi connectivity index (χ1) is 10.7. The average molecular weight is 307 g/mol. The summed E-state index contributed by atoms with van der Waals surface area (Å²) in [5.41, 5.74) is 0.535. The smallest absolute Gasteiger partial charge is 0.251 e. The molecule has 2 atom stereocenters. The van der Waals surface area contributed by atoms with Crippen LogP contribution in [0.15, 0.2) is 30.3 Å². The van der Waals surface area contributed by atoms with Crippen LogP contribution < -0.4 is 5.32 Å². The van der Waals surface area contributed by atoms with E-state index in [1.54, 1.807) is 24.3 Å². The number of hydrogen-bond acceptors (Lipinski definition) is 3. The summed E-state index contributed by atoms with van der Waals surface area (Å²) in [4.78, 5) is 12.0. The van der Waals surface area contributed by atoms with Gasteiger partial charge in [0.25, 0.3) is 5.91 Å². The number of aliphatic hydroxyl groups is 2. The highest BCUT2D eigenvalue weighted by atomic mass is 16.3. The van der Waals surface area contributed by atoms with Gasteiger partial charge in [-0.05, 0) is 18.6 Å². The summed E-state index contributed by atoms with van der Waals surface area (Å²) >= 11 is 0. The normalized spacial score (nSPS) is 13.6. The van der Waals surface area contributed by atoms with Crippen LogP contribution in [0.3, 0.4) is 0 Å². The van der Waals surface area contributed by atoms with Crippen molar-refractivity contribution in [3.63, 3.8) is 0 Å². The molecule has 22 heavy (non-hydrogen) atoms. The summed E-state index contributed by atoms with van der Waals surface area (Å²) < 4.78 is 0. The lowest BCUT2D eigenvalue weighted by atomic mass is 10.0. The van der Waals surface area contributed by atoms with Crippen LogP contribution >= 0.6 is 0 Å². The van der Waals surface area contributed by atoms with Crippen molar-refractivity contribution < 1.29 is 15.0 Å². The molecule has 0 unspecified atom stereocenters. The van der Waals surface area contributed by atoms with Crippen LogP contribution in [-0.2, 0) is 0 Å². The number of nitrogens with one attached hydrogen (secondary N) is 1. The fourth-order valence-corrected chi connectivity index (χ4v) is 2.44. The average Bonchev–Trinajstić information content (AvgIpc) is 2.56. The lowest BCUT2D eigenvalue weighted by Crippen LogP contribution is -2.45. The van der Waals surface area contributed by atoms with Gasteiger partial charge in [-0.15, -0.1) is 0 Å². The molecular formula is C18H29NO3. The Balaban J connectivity index is 2.32. The predicted octanol–water partition coefficient (Wildman–Crippen LogP) is 2.89. The van der Waals surface area contributed by atoms with E-state index in [1.807, 2.05) is 6.07 Å². The number of unbranched alkanes of at least 4 members (excludes halogenated alkanes) is 5. The second-order valence-electron chi connectivity index (χ2n) is 5.75. The molecule has 0 aromatic heterocycles. The molecule has 1 aromatic rings. The summed E-state index contributed by atoms with van der Waals surface area (Å²) in [6.45, 7) is 1.93. The van der Waals surface area contributed by atoms with Gasteiger partial charge in [0.2, 0.25) is 0 Å². The SMILES string of the molecule is CCCCCCCC[C@@H](O)[C@H](CO)NC(=O)c1ccccc1. The van der Waals surface area contributed by atoms with Crippen molar-refractivity contribution in [3.8, 4) is 0 Å². The Morgan fingerprint density at radius 3 is 2.36 bits per heavy atom. The first-order valence-corrected chi connectivity index (χ1v) is 8.33. The molecule has 1 amide bonds. The number of rotatable bonds is 11. The molecule has 0 radical (unpaired) electrons. The molecule has 124 valence electrons. The van der Waals surface area contributed by atoms with Crippen LogP contribution in [0.5, 0.6) is 0 Å². The number of hydrogen-bond donors (Lipinski definition) is 3. The largest absolute Gasteiger partial charge is 0.394 e. The van der Waals surface area contributed by atoms with Gasteiger partial charge in [0.05, 0.1) is 18.8 Å². The summed E-state index contributed by atoms with van der Waals surface area (Å²) in [5, 5.41) is 22.2. The third-order valence-electron chi connectivity index (χ3n) is 3.87. The van der Waals surface area contributed by atoms with Crippen LogP contribution in [0.4, 0.5) is 0 Å². The molecule has 0 aliphatic heterocycles. The van der Waals surface area contributed by atoms with Gasteiger partial charge in [-0.25, -0.2) is 0 Å². The monoisotopic (exact) mass is 307 g/mol. The molecular weight excluding hydrogens is 278 g/mol. The lowest BCUT2D eigenvalue weighted by molar-refractivity contribution is 0.0661. The topological polar surface area (TPSA) is 69.6 Å². The van der Waals surface area contributed by atoms with Crippen molar-refractivity contribution in [2.45, 2.75) is 64.0 Å².